The Bertz CT molecular complexity index is 2390. The van der Waals surface area contributed by atoms with E-state index in [1.165, 1.54) is 40.3 Å². The lowest BCUT2D eigenvalue weighted by atomic mass is 9.68. The summed E-state index contributed by atoms with van der Waals surface area (Å²) in [6.45, 7) is 1.46. The number of benzene rings is 2. The molecule has 3 aliphatic rings. The van der Waals surface area contributed by atoms with Gasteiger partial charge in [-0.25, -0.2) is 28.5 Å². The SMILES string of the molecule is COc1cc2nc(CCn3c(=O)n4n(c3=O)[C@@H]3CC5=C(C(=O)C=C(C)C5=O)[C@@H](c5cc(Br)ccc5O)C3=CC4)c(=O)n(C)c2cc1OC. The summed E-state index contributed by atoms with van der Waals surface area (Å²) in [5, 5.41) is 11.0. The van der Waals surface area contributed by atoms with Gasteiger partial charge in [0.1, 0.15) is 11.4 Å². The van der Waals surface area contributed by atoms with Crippen LogP contribution in [-0.2, 0) is 36.1 Å². The van der Waals surface area contributed by atoms with Gasteiger partial charge in [0.25, 0.3) is 5.56 Å². The summed E-state index contributed by atoms with van der Waals surface area (Å²) in [4.78, 5) is 72.6. The zero-order valence-corrected chi connectivity index (χ0v) is 28.0. The van der Waals surface area contributed by atoms with Gasteiger partial charge in [-0.15, -0.1) is 0 Å². The van der Waals surface area contributed by atoms with Crippen molar-refractivity contribution in [3.63, 3.8) is 0 Å². The molecule has 1 N–H and O–H groups in total. The number of aromatic hydroxyl groups is 1. The third kappa shape index (κ3) is 4.65. The first-order valence-corrected chi connectivity index (χ1v) is 16.0. The van der Waals surface area contributed by atoms with Crippen LogP contribution < -0.4 is 26.4 Å². The highest BCUT2D eigenvalue weighted by Crippen LogP contribution is 2.51. The van der Waals surface area contributed by atoms with E-state index >= 15 is 0 Å². The number of nitrogens with zero attached hydrogens (tertiary/aromatic N) is 5. The maximum atomic E-state index is 14.1. The third-order valence-electron chi connectivity index (χ3n) is 9.43. The number of rotatable bonds is 6. The molecule has 0 spiro atoms. The minimum atomic E-state index is -0.823. The zero-order valence-electron chi connectivity index (χ0n) is 26.4. The van der Waals surface area contributed by atoms with E-state index in [4.69, 9.17) is 9.47 Å². The van der Waals surface area contributed by atoms with Crippen molar-refractivity contribution < 1.29 is 24.2 Å². The lowest BCUT2D eigenvalue weighted by molar-refractivity contribution is -0.116. The highest BCUT2D eigenvalue weighted by Gasteiger charge is 2.45. The van der Waals surface area contributed by atoms with Crippen LogP contribution in [-0.4, -0.2) is 54.4 Å². The van der Waals surface area contributed by atoms with Crippen molar-refractivity contribution in [3.8, 4) is 17.2 Å². The van der Waals surface area contributed by atoms with Crippen LogP contribution in [0.4, 0.5) is 0 Å². The topological polar surface area (TPSA) is 157 Å². The normalized spacial score (nSPS) is 18.7. The summed E-state index contributed by atoms with van der Waals surface area (Å²) in [5.41, 5.74) is 1.39. The number of Topliss-reactive ketones (excluding diaryl/α,β-unsaturated/α-hetero) is 1. The van der Waals surface area contributed by atoms with E-state index in [0.717, 1.165) is 4.57 Å². The number of aryl methyl sites for hydroxylation is 2. The minimum Gasteiger partial charge on any atom is -0.508 e. The number of carbonyl (C=O) groups excluding carboxylic acids is 2. The van der Waals surface area contributed by atoms with Crippen LogP contribution in [0.1, 0.15) is 36.6 Å². The number of hydrogen-bond donors (Lipinski definition) is 1. The molecule has 0 saturated heterocycles. The molecular weight excluding hydrogens is 686 g/mol. The maximum absolute atomic E-state index is 14.1. The molecule has 2 atom stereocenters. The van der Waals surface area contributed by atoms with E-state index in [2.05, 4.69) is 20.9 Å². The van der Waals surface area contributed by atoms with Gasteiger partial charge in [0, 0.05) is 71.2 Å². The lowest BCUT2D eigenvalue weighted by Crippen LogP contribution is -2.40. The Morgan fingerprint density at radius 2 is 1.75 bits per heavy atom. The molecule has 48 heavy (non-hydrogen) atoms. The van der Waals surface area contributed by atoms with Crippen LogP contribution >= 0.6 is 15.9 Å². The molecule has 13 nitrogen and oxygen atoms in total. The Morgan fingerprint density at radius 1 is 1.02 bits per heavy atom. The average Bonchev–Trinajstić information content (AvgIpc) is 3.32. The Kier molecular flexibility index (Phi) is 7.50. The van der Waals surface area contributed by atoms with Gasteiger partial charge in [-0.1, -0.05) is 22.0 Å². The number of fused-ring (bicyclic) bond motifs is 4. The lowest BCUT2D eigenvalue weighted by Gasteiger charge is -2.39. The summed E-state index contributed by atoms with van der Waals surface area (Å²) < 4.78 is 16.5. The van der Waals surface area contributed by atoms with Gasteiger partial charge in [0.05, 0.1) is 37.8 Å². The molecule has 0 fully saturated rings. The van der Waals surface area contributed by atoms with E-state index in [9.17, 15) is 29.1 Å². The molecule has 246 valence electrons. The van der Waals surface area contributed by atoms with E-state index in [-0.39, 0.29) is 71.2 Å². The maximum Gasteiger partial charge on any atom is 0.347 e. The van der Waals surface area contributed by atoms with Crippen molar-refractivity contribution in [2.24, 2.45) is 7.05 Å². The quantitative estimate of drug-likeness (QED) is 0.234. The zero-order chi connectivity index (χ0) is 34.2. The highest BCUT2D eigenvalue weighted by molar-refractivity contribution is 9.10. The van der Waals surface area contributed by atoms with Gasteiger partial charge in [-0.2, -0.15) is 0 Å². The molecule has 0 bridgehead atoms. The van der Waals surface area contributed by atoms with Crippen molar-refractivity contribution in [1.29, 1.82) is 0 Å². The number of halogens is 1. The Morgan fingerprint density at radius 3 is 2.48 bits per heavy atom. The predicted octanol–water partition coefficient (Wildman–Crippen LogP) is 2.85. The molecule has 2 aliphatic carbocycles. The largest absolute Gasteiger partial charge is 0.508 e. The second-order valence-corrected chi connectivity index (χ2v) is 12.9. The van der Waals surface area contributed by atoms with Gasteiger partial charge < -0.3 is 19.1 Å². The molecular formula is C34H30BrN5O8. The van der Waals surface area contributed by atoms with E-state index in [1.807, 2.05) is 0 Å². The van der Waals surface area contributed by atoms with Crippen LogP contribution in [0.3, 0.4) is 0 Å². The Labute approximate surface area is 280 Å². The van der Waals surface area contributed by atoms with Crippen molar-refractivity contribution in [3.05, 3.63) is 112 Å². The number of ketones is 2. The Hall–Kier alpha value is -5.24. The number of phenols is 1. The van der Waals surface area contributed by atoms with Crippen molar-refractivity contribution in [1.82, 2.24) is 23.5 Å². The summed E-state index contributed by atoms with van der Waals surface area (Å²) in [6.07, 6.45) is 3.10. The average molecular weight is 717 g/mol. The van der Waals surface area contributed by atoms with E-state index in [1.54, 1.807) is 44.3 Å². The van der Waals surface area contributed by atoms with Crippen molar-refractivity contribution >= 4 is 38.5 Å². The fourth-order valence-electron chi connectivity index (χ4n) is 7.10. The first-order valence-electron chi connectivity index (χ1n) is 15.2. The Balaban J connectivity index is 1.30. The first-order chi connectivity index (χ1) is 22.9. The fourth-order valence-corrected chi connectivity index (χ4v) is 7.47. The van der Waals surface area contributed by atoms with Crippen LogP contribution in [0, 0.1) is 0 Å². The second-order valence-electron chi connectivity index (χ2n) is 12.0. The van der Waals surface area contributed by atoms with E-state index in [0.29, 0.717) is 38.1 Å². The molecule has 2 aromatic heterocycles. The number of phenolic OH excluding ortho intramolecular Hbond substituents is 1. The minimum absolute atomic E-state index is 0.0120. The molecule has 14 heteroatoms. The number of ether oxygens (including phenoxy) is 2. The van der Waals surface area contributed by atoms with Crippen LogP contribution in [0.2, 0.25) is 0 Å². The number of methoxy groups -OCH3 is 2. The van der Waals surface area contributed by atoms with Gasteiger partial charge in [0.15, 0.2) is 23.1 Å². The highest BCUT2D eigenvalue weighted by atomic mass is 79.9. The monoisotopic (exact) mass is 715 g/mol. The summed E-state index contributed by atoms with van der Waals surface area (Å²) in [5.74, 6) is -0.672. The predicted molar refractivity (Wildman–Crippen MR) is 178 cm³/mol. The number of allylic oxidation sites excluding steroid dienone is 6. The molecule has 2 aromatic carbocycles. The molecule has 0 unspecified atom stereocenters. The molecule has 0 radical (unpaired) electrons. The molecule has 7 rings (SSSR count). The van der Waals surface area contributed by atoms with Gasteiger partial charge in [0.2, 0.25) is 0 Å². The van der Waals surface area contributed by atoms with Crippen molar-refractivity contribution in [2.75, 3.05) is 14.2 Å². The molecule has 4 aromatic rings. The number of hydrogen-bond acceptors (Lipinski definition) is 9. The van der Waals surface area contributed by atoms with Crippen molar-refractivity contribution in [2.45, 2.75) is 44.8 Å². The third-order valence-corrected chi connectivity index (χ3v) is 9.92. The number of carbonyl (C=O) groups is 2. The molecule has 0 saturated carbocycles. The molecule has 3 heterocycles. The second kappa shape index (κ2) is 11.5. The standard InChI is InChI=1S/C34H30BrN5O8/c1-16-11-26(42)30-20(31(16)43)13-23-18(29(30)19-12-17(35)5-6-25(19)41)7-10-39-33(45)38(34(46)40(23)39)9-8-21-32(44)37(2)24-15-28(48-4)27(47-3)14-22(24)36-21/h5-7,11-12,14-15,23,29,41H,8-10,13H2,1-4H3/t23-,29-/m1/s1. The smallest absolute Gasteiger partial charge is 0.347 e. The van der Waals surface area contributed by atoms with Gasteiger partial charge in [-0.3, -0.25) is 14.4 Å². The number of aromatic nitrogens is 5. The van der Waals surface area contributed by atoms with Crippen LogP contribution in [0.15, 0.2) is 83.6 Å². The van der Waals surface area contributed by atoms with Gasteiger partial charge >= 0.3 is 11.4 Å². The first kappa shape index (κ1) is 31.4. The van der Waals surface area contributed by atoms with E-state index < -0.39 is 23.3 Å². The fraction of sp³-hybridized carbons (Fsp3) is 0.294. The van der Waals surface area contributed by atoms with Crippen LogP contribution in [0.25, 0.3) is 11.0 Å². The summed E-state index contributed by atoms with van der Waals surface area (Å²) in [7, 11) is 4.59. The molecule has 0 amide bonds. The summed E-state index contributed by atoms with van der Waals surface area (Å²) in [6, 6.07) is 7.38. The molecule has 1 aliphatic heterocycles. The van der Waals surface area contributed by atoms with Gasteiger partial charge in [-0.05, 0) is 36.8 Å². The summed E-state index contributed by atoms with van der Waals surface area (Å²) >= 11 is 3.44. The van der Waals surface area contributed by atoms with Crippen LogP contribution in [0.5, 0.6) is 17.2 Å².